The number of anilines is 2. The van der Waals surface area contributed by atoms with Gasteiger partial charge < -0.3 is 10.0 Å². The van der Waals surface area contributed by atoms with Crippen molar-refractivity contribution in [2.24, 2.45) is 28.0 Å². The summed E-state index contributed by atoms with van der Waals surface area (Å²) in [5, 5.41) is 21.5. The summed E-state index contributed by atoms with van der Waals surface area (Å²) in [5.74, 6) is -5.63. The second kappa shape index (κ2) is 11.7. The van der Waals surface area contributed by atoms with E-state index in [4.69, 9.17) is 23.2 Å². The number of imide groups is 2. The van der Waals surface area contributed by atoms with Gasteiger partial charge in [-0.2, -0.15) is 10.2 Å². The highest BCUT2D eigenvalue weighted by molar-refractivity contribution is 6.53. The Labute approximate surface area is 303 Å². The van der Waals surface area contributed by atoms with E-state index in [-0.39, 0.29) is 24.5 Å². The molecular formula is C39H33Cl2N5O5. The van der Waals surface area contributed by atoms with E-state index in [9.17, 15) is 24.3 Å². The fourth-order valence-electron chi connectivity index (χ4n) is 8.50. The molecule has 3 fully saturated rings. The summed E-state index contributed by atoms with van der Waals surface area (Å²) in [6.07, 6.45) is 1.93. The molecule has 1 N–H and O–H groups in total. The Morgan fingerprint density at radius 3 is 2.12 bits per heavy atom. The van der Waals surface area contributed by atoms with E-state index >= 15 is 0 Å². The molecule has 2 heterocycles. The van der Waals surface area contributed by atoms with Gasteiger partial charge in [-0.05, 0) is 84.1 Å². The normalized spacial score (nSPS) is 28.7. The van der Waals surface area contributed by atoms with Gasteiger partial charge >= 0.3 is 0 Å². The molecule has 10 nitrogen and oxygen atoms in total. The number of amides is 4. The van der Waals surface area contributed by atoms with E-state index in [2.05, 4.69) is 10.2 Å². The van der Waals surface area contributed by atoms with Crippen molar-refractivity contribution in [2.75, 3.05) is 30.9 Å². The topological polar surface area (TPSA) is 123 Å². The molecule has 1 saturated carbocycles. The minimum Gasteiger partial charge on any atom is -0.508 e. The molecule has 2 aliphatic heterocycles. The third-order valence-corrected chi connectivity index (χ3v) is 12.4. The lowest BCUT2D eigenvalue weighted by Crippen LogP contribution is -2.60. The Morgan fingerprint density at radius 1 is 0.804 bits per heavy atom. The van der Waals surface area contributed by atoms with Gasteiger partial charge in [0.1, 0.15) is 5.75 Å². The van der Waals surface area contributed by atoms with Crippen LogP contribution in [0.15, 0.2) is 107 Å². The molecule has 6 unspecified atom stereocenters. The van der Waals surface area contributed by atoms with Crippen LogP contribution in [0.1, 0.15) is 24.3 Å². The van der Waals surface area contributed by atoms with Crippen molar-refractivity contribution in [3.05, 3.63) is 102 Å². The minimum absolute atomic E-state index is 0.116. The summed E-state index contributed by atoms with van der Waals surface area (Å²) in [4.78, 5) is 56.5. The molecule has 6 atom stereocenters. The number of phenolic OH excluding ortho intramolecular Hbond substituents is 1. The monoisotopic (exact) mass is 721 g/mol. The molecule has 2 saturated heterocycles. The molecule has 0 bridgehead atoms. The maximum atomic E-state index is 14.4. The second-order valence-electron chi connectivity index (χ2n) is 13.9. The standard InChI is InChI=1S/C39H33Cl2N5O5/c1-44(2)24-13-9-22(10-14-24)42-43-23-11-15-25(16-12-23)46-34(48)28-18-17-27-29(31(28)35(46)49)20-38(40)36(50)45(3)37(51)39(38,41)33(27)32-26-7-5-4-6-21(26)8-19-30(32)47/h4-17,19,28-29,31,33,47H,18,20H2,1-3H3. The number of likely N-dealkylation sites (tertiary alicyclic amines) is 1. The number of hydrogen-bond donors (Lipinski definition) is 1. The van der Waals surface area contributed by atoms with E-state index in [1.165, 1.54) is 18.0 Å². The van der Waals surface area contributed by atoms with Crippen LogP contribution in [0.3, 0.4) is 0 Å². The van der Waals surface area contributed by atoms with E-state index in [0.717, 1.165) is 16.0 Å². The van der Waals surface area contributed by atoms with Crippen LogP contribution in [0.25, 0.3) is 10.8 Å². The highest BCUT2D eigenvalue weighted by atomic mass is 35.5. The number of alkyl halides is 2. The van der Waals surface area contributed by atoms with E-state index in [1.807, 2.05) is 73.6 Å². The number of phenols is 1. The molecule has 2 aliphatic carbocycles. The van der Waals surface area contributed by atoms with Gasteiger partial charge in [-0.1, -0.05) is 42.0 Å². The Balaban J connectivity index is 1.16. The van der Waals surface area contributed by atoms with E-state index < -0.39 is 51.1 Å². The van der Waals surface area contributed by atoms with Crippen LogP contribution in [0.4, 0.5) is 22.7 Å². The van der Waals surface area contributed by atoms with Gasteiger partial charge in [0.05, 0.1) is 28.9 Å². The molecule has 0 aromatic heterocycles. The molecule has 258 valence electrons. The smallest absolute Gasteiger partial charge is 0.253 e. The SMILES string of the molecule is CN1C(=O)C2(Cl)CC3C(=CCC4C(=O)N(c5ccc(N=Nc6ccc(N(C)C)cc6)cc5)C(=O)C43)C(c3c(O)ccc4ccccc34)C2(Cl)C1=O. The van der Waals surface area contributed by atoms with Crippen LogP contribution in [0, 0.1) is 17.8 Å². The van der Waals surface area contributed by atoms with Crippen LogP contribution in [-0.4, -0.2) is 64.5 Å². The van der Waals surface area contributed by atoms with Crippen LogP contribution < -0.4 is 9.80 Å². The molecule has 4 aromatic rings. The first-order valence-electron chi connectivity index (χ1n) is 16.6. The number of benzene rings is 4. The predicted molar refractivity (Wildman–Crippen MR) is 195 cm³/mol. The largest absolute Gasteiger partial charge is 0.508 e. The third kappa shape index (κ3) is 4.69. The van der Waals surface area contributed by atoms with Crippen LogP contribution in [0.2, 0.25) is 0 Å². The number of halogens is 2. The fourth-order valence-corrected chi connectivity index (χ4v) is 9.51. The van der Waals surface area contributed by atoms with Gasteiger partial charge in [0.15, 0.2) is 9.75 Å². The predicted octanol–water partition coefficient (Wildman–Crippen LogP) is 7.22. The van der Waals surface area contributed by atoms with Crippen LogP contribution in [0.5, 0.6) is 5.75 Å². The summed E-state index contributed by atoms with van der Waals surface area (Å²) in [6, 6.07) is 25.0. The second-order valence-corrected chi connectivity index (χ2v) is 15.1. The third-order valence-electron chi connectivity index (χ3n) is 11.0. The zero-order chi connectivity index (χ0) is 36.0. The first kappa shape index (κ1) is 33.1. The van der Waals surface area contributed by atoms with E-state index in [1.54, 1.807) is 30.3 Å². The van der Waals surface area contributed by atoms with Crippen LogP contribution >= 0.6 is 23.2 Å². The average Bonchev–Trinajstić information content (AvgIpc) is 3.46. The Hall–Kier alpha value is -5.06. The lowest BCUT2D eigenvalue weighted by atomic mass is 9.56. The quantitative estimate of drug-likeness (QED) is 0.101. The van der Waals surface area contributed by atoms with Gasteiger partial charge in [-0.25, -0.2) is 0 Å². The molecular weight excluding hydrogens is 689 g/mol. The van der Waals surface area contributed by atoms with Crippen molar-refractivity contribution >= 4 is 80.4 Å². The number of rotatable bonds is 5. The summed E-state index contributed by atoms with van der Waals surface area (Å²) in [5.41, 5.74) is 3.60. The van der Waals surface area contributed by atoms with Gasteiger partial charge in [0, 0.05) is 38.3 Å². The molecule has 8 rings (SSSR count). The maximum absolute atomic E-state index is 14.4. The van der Waals surface area contributed by atoms with Crippen molar-refractivity contribution in [3.63, 3.8) is 0 Å². The van der Waals surface area contributed by atoms with Gasteiger partial charge in [-0.15, -0.1) is 23.2 Å². The minimum atomic E-state index is -2.00. The van der Waals surface area contributed by atoms with E-state index in [0.29, 0.717) is 33.6 Å². The summed E-state index contributed by atoms with van der Waals surface area (Å²) < 4.78 is 0. The van der Waals surface area contributed by atoms with Crippen molar-refractivity contribution < 1.29 is 24.3 Å². The Bertz CT molecular complexity index is 2220. The molecule has 0 radical (unpaired) electrons. The summed E-state index contributed by atoms with van der Waals surface area (Å²) >= 11 is 14.7. The Morgan fingerprint density at radius 2 is 1.45 bits per heavy atom. The molecule has 12 heteroatoms. The van der Waals surface area contributed by atoms with Crippen LogP contribution in [-0.2, 0) is 19.2 Å². The molecule has 4 amide bonds. The number of hydrogen-bond acceptors (Lipinski definition) is 8. The zero-order valence-corrected chi connectivity index (χ0v) is 29.5. The number of aromatic hydroxyl groups is 1. The fraction of sp³-hybridized carbons (Fsp3) is 0.282. The highest BCUT2D eigenvalue weighted by Gasteiger charge is 2.76. The van der Waals surface area contributed by atoms with Gasteiger partial charge in [-0.3, -0.25) is 29.0 Å². The molecule has 51 heavy (non-hydrogen) atoms. The molecule has 0 spiro atoms. The summed E-state index contributed by atoms with van der Waals surface area (Å²) in [6.45, 7) is 0. The summed E-state index contributed by atoms with van der Waals surface area (Å²) in [7, 11) is 5.25. The van der Waals surface area contributed by atoms with Crippen molar-refractivity contribution in [2.45, 2.75) is 28.5 Å². The number of nitrogens with zero attached hydrogens (tertiary/aromatic N) is 5. The van der Waals surface area contributed by atoms with Crippen molar-refractivity contribution in [3.8, 4) is 5.75 Å². The van der Waals surface area contributed by atoms with Gasteiger partial charge in [0.2, 0.25) is 11.8 Å². The Kier molecular flexibility index (Phi) is 7.63. The first-order chi connectivity index (χ1) is 24.4. The first-order valence-corrected chi connectivity index (χ1v) is 17.4. The molecule has 4 aliphatic rings. The maximum Gasteiger partial charge on any atom is 0.253 e. The lowest BCUT2D eigenvalue weighted by molar-refractivity contribution is -0.138. The van der Waals surface area contributed by atoms with Gasteiger partial charge in [0.25, 0.3) is 11.8 Å². The number of allylic oxidation sites excluding steroid dienone is 2. The zero-order valence-electron chi connectivity index (χ0n) is 28.0. The number of azo groups is 1. The number of carbonyl (C=O) groups is 4. The number of carbonyl (C=O) groups excluding carboxylic acids is 4. The van der Waals surface area contributed by atoms with Crippen molar-refractivity contribution in [1.29, 1.82) is 0 Å². The molecule has 4 aromatic carbocycles. The van der Waals surface area contributed by atoms with Crippen molar-refractivity contribution in [1.82, 2.24) is 4.90 Å². The lowest BCUT2D eigenvalue weighted by Gasteiger charge is -2.51. The highest BCUT2D eigenvalue weighted by Crippen LogP contribution is 2.66. The average molecular weight is 723 g/mol. The number of fused-ring (bicyclic) bond motifs is 5.